The smallest absolute Gasteiger partial charge is 0.344 e. The van der Waals surface area contributed by atoms with Gasteiger partial charge in [-0.15, -0.1) is 0 Å². The van der Waals surface area contributed by atoms with Crippen LogP contribution in [0.15, 0.2) is 42.5 Å². The summed E-state index contributed by atoms with van der Waals surface area (Å²) in [6, 6.07) is 10.9. The quantitative estimate of drug-likeness (QED) is 0.834. The number of hydrogen-bond acceptors (Lipinski definition) is 3. The van der Waals surface area contributed by atoms with Gasteiger partial charge in [0.05, 0.1) is 5.02 Å². The van der Waals surface area contributed by atoms with E-state index in [4.69, 9.17) is 33.0 Å². The zero-order chi connectivity index (χ0) is 16.3. The number of rotatable bonds is 5. The lowest BCUT2D eigenvalue weighted by molar-refractivity contribution is -0.144. The zero-order valence-corrected chi connectivity index (χ0v) is 13.1. The van der Waals surface area contributed by atoms with E-state index in [-0.39, 0.29) is 10.8 Å². The molecule has 0 spiro atoms. The van der Waals surface area contributed by atoms with Crippen molar-refractivity contribution in [2.75, 3.05) is 0 Å². The number of carboxylic acid groups (broad SMARTS) is 1. The summed E-state index contributed by atoms with van der Waals surface area (Å²) in [4.78, 5) is 23.2. The first-order chi connectivity index (χ1) is 10.4. The number of halogens is 2. The van der Waals surface area contributed by atoms with Crippen molar-refractivity contribution in [1.82, 2.24) is 0 Å². The van der Waals surface area contributed by atoms with Crippen molar-refractivity contribution >= 4 is 35.0 Å². The molecule has 0 radical (unpaired) electrons. The van der Waals surface area contributed by atoms with Crippen LogP contribution >= 0.6 is 23.2 Å². The van der Waals surface area contributed by atoms with E-state index in [1.807, 2.05) is 0 Å². The molecule has 0 saturated carbocycles. The average Bonchev–Trinajstić information content (AvgIpc) is 2.46. The van der Waals surface area contributed by atoms with Crippen molar-refractivity contribution in [3.05, 3.63) is 63.6 Å². The van der Waals surface area contributed by atoms with Gasteiger partial charge in [-0.1, -0.05) is 35.3 Å². The fraction of sp³-hybridized carbons (Fsp3) is 0.125. The molecule has 0 amide bonds. The summed E-state index contributed by atoms with van der Waals surface area (Å²) in [5, 5.41) is 9.53. The van der Waals surface area contributed by atoms with E-state index in [9.17, 15) is 9.59 Å². The van der Waals surface area contributed by atoms with Gasteiger partial charge in [-0.2, -0.15) is 0 Å². The summed E-state index contributed by atoms with van der Waals surface area (Å²) in [5.41, 5.74) is 0.661. The fourth-order valence-corrected chi connectivity index (χ4v) is 2.29. The molecule has 0 bridgehead atoms. The Balaban J connectivity index is 2.29. The van der Waals surface area contributed by atoms with Crippen LogP contribution in [0.2, 0.25) is 10.0 Å². The molecule has 1 atom stereocenters. The molecule has 2 aromatic rings. The van der Waals surface area contributed by atoms with Crippen molar-refractivity contribution in [2.45, 2.75) is 13.0 Å². The van der Waals surface area contributed by atoms with Crippen molar-refractivity contribution < 1.29 is 19.4 Å². The fourth-order valence-electron chi connectivity index (χ4n) is 1.79. The SMILES string of the molecule is CC(Oc1cccc(C(=O)c2ccc(Cl)cc2Cl)c1)C(=O)O. The maximum atomic E-state index is 12.5. The highest BCUT2D eigenvalue weighted by Crippen LogP contribution is 2.25. The Hall–Kier alpha value is -2.04. The molecule has 0 aromatic heterocycles. The van der Waals surface area contributed by atoms with Crippen molar-refractivity contribution in [2.24, 2.45) is 0 Å². The van der Waals surface area contributed by atoms with Gasteiger partial charge < -0.3 is 9.84 Å². The van der Waals surface area contributed by atoms with Crippen LogP contribution in [0.5, 0.6) is 5.75 Å². The zero-order valence-electron chi connectivity index (χ0n) is 11.5. The normalized spacial score (nSPS) is 11.8. The third-order valence-corrected chi connectivity index (χ3v) is 3.48. The minimum Gasteiger partial charge on any atom is -0.479 e. The van der Waals surface area contributed by atoms with E-state index in [0.717, 1.165) is 0 Å². The van der Waals surface area contributed by atoms with Crippen LogP contribution in [0.3, 0.4) is 0 Å². The van der Waals surface area contributed by atoms with Crippen LogP contribution in [0.1, 0.15) is 22.8 Å². The summed E-state index contributed by atoms with van der Waals surface area (Å²) in [6.45, 7) is 1.41. The number of carbonyl (C=O) groups excluding carboxylic acids is 1. The molecular formula is C16H12Cl2O4. The summed E-state index contributed by atoms with van der Waals surface area (Å²) >= 11 is 11.8. The molecule has 0 saturated heterocycles. The van der Waals surface area contributed by atoms with Gasteiger partial charge in [0, 0.05) is 16.1 Å². The Morgan fingerprint density at radius 1 is 1.14 bits per heavy atom. The van der Waals surface area contributed by atoms with Crippen LogP contribution < -0.4 is 4.74 Å². The lowest BCUT2D eigenvalue weighted by Crippen LogP contribution is -2.22. The minimum absolute atomic E-state index is 0.253. The van der Waals surface area contributed by atoms with E-state index >= 15 is 0 Å². The first kappa shape index (κ1) is 16.3. The molecule has 4 nitrogen and oxygen atoms in total. The van der Waals surface area contributed by atoms with Gasteiger partial charge in [-0.3, -0.25) is 4.79 Å². The maximum absolute atomic E-state index is 12.5. The summed E-state index contributed by atoms with van der Waals surface area (Å²) < 4.78 is 5.25. The molecule has 0 heterocycles. The molecule has 114 valence electrons. The number of ketones is 1. The predicted molar refractivity (Wildman–Crippen MR) is 84.1 cm³/mol. The monoisotopic (exact) mass is 338 g/mol. The minimum atomic E-state index is -1.09. The Bertz CT molecular complexity index is 728. The van der Waals surface area contributed by atoms with Gasteiger partial charge >= 0.3 is 5.97 Å². The Labute approximate surface area is 137 Å². The van der Waals surface area contributed by atoms with Crippen LogP contribution in [0, 0.1) is 0 Å². The average molecular weight is 339 g/mol. The Morgan fingerprint density at radius 2 is 1.86 bits per heavy atom. The molecular weight excluding hydrogens is 327 g/mol. The van der Waals surface area contributed by atoms with Crippen molar-refractivity contribution in [1.29, 1.82) is 0 Å². The Kier molecular flexibility index (Phi) is 5.06. The highest BCUT2D eigenvalue weighted by atomic mass is 35.5. The predicted octanol–water partition coefficient (Wildman–Crippen LogP) is 4.08. The number of carbonyl (C=O) groups is 2. The second kappa shape index (κ2) is 6.81. The van der Waals surface area contributed by atoms with E-state index in [0.29, 0.717) is 21.9 Å². The first-order valence-electron chi connectivity index (χ1n) is 6.38. The van der Waals surface area contributed by atoms with Gasteiger partial charge in [-0.05, 0) is 37.3 Å². The number of ether oxygens (including phenoxy) is 1. The molecule has 0 aliphatic rings. The number of aliphatic carboxylic acids is 1. The van der Waals surface area contributed by atoms with Gasteiger partial charge in [0.25, 0.3) is 0 Å². The second-order valence-electron chi connectivity index (χ2n) is 4.58. The largest absolute Gasteiger partial charge is 0.479 e. The highest BCUT2D eigenvalue weighted by molar-refractivity contribution is 6.37. The summed E-state index contributed by atoms with van der Waals surface area (Å²) in [7, 11) is 0. The van der Waals surface area contributed by atoms with Crippen molar-refractivity contribution in [3.8, 4) is 5.75 Å². The first-order valence-corrected chi connectivity index (χ1v) is 7.13. The molecule has 1 unspecified atom stereocenters. The van der Waals surface area contributed by atoms with Crippen LogP contribution in [-0.2, 0) is 4.79 Å². The second-order valence-corrected chi connectivity index (χ2v) is 5.42. The lowest BCUT2D eigenvalue weighted by atomic mass is 10.0. The topological polar surface area (TPSA) is 63.6 Å². The lowest BCUT2D eigenvalue weighted by Gasteiger charge is -2.11. The van der Waals surface area contributed by atoms with Gasteiger partial charge in [0.15, 0.2) is 11.9 Å². The Morgan fingerprint density at radius 3 is 2.50 bits per heavy atom. The molecule has 0 aliphatic heterocycles. The number of benzene rings is 2. The number of hydrogen-bond donors (Lipinski definition) is 1. The highest BCUT2D eigenvalue weighted by Gasteiger charge is 2.16. The van der Waals surface area contributed by atoms with Gasteiger partial charge in [-0.25, -0.2) is 4.79 Å². The van der Waals surface area contributed by atoms with Crippen LogP contribution in [0.4, 0.5) is 0 Å². The molecule has 22 heavy (non-hydrogen) atoms. The van der Waals surface area contributed by atoms with E-state index in [1.54, 1.807) is 30.3 Å². The maximum Gasteiger partial charge on any atom is 0.344 e. The van der Waals surface area contributed by atoms with Crippen LogP contribution in [-0.4, -0.2) is 23.0 Å². The molecule has 2 aromatic carbocycles. The molecule has 2 rings (SSSR count). The summed E-state index contributed by atoms with van der Waals surface area (Å²) in [5.74, 6) is -1.08. The van der Waals surface area contributed by atoms with E-state index in [1.165, 1.54) is 19.1 Å². The number of carboxylic acids is 1. The summed E-state index contributed by atoms with van der Waals surface area (Å²) in [6.07, 6.45) is -1.01. The molecule has 0 aliphatic carbocycles. The standard InChI is InChI=1S/C16H12Cl2O4/c1-9(16(20)21)22-12-4-2-3-10(7-12)15(19)13-6-5-11(17)8-14(13)18/h2-9H,1H3,(H,20,21). The molecule has 0 fully saturated rings. The third-order valence-electron chi connectivity index (χ3n) is 2.93. The molecule has 6 heteroatoms. The van der Waals surface area contributed by atoms with E-state index < -0.39 is 12.1 Å². The third kappa shape index (κ3) is 3.78. The van der Waals surface area contributed by atoms with Crippen LogP contribution in [0.25, 0.3) is 0 Å². The van der Waals surface area contributed by atoms with Crippen molar-refractivity contribution in [3.63, 3.8) is 0 Å². The van der Waals surface area contributed by atoms with Gasteiger partial charge in [0.1, 0.15) is 5.75 Å². The van der Waals surface area contributed by atoms with E-state index in [2.05, 4.69) is 0 Å². The van der Waals surface area contributed by atoms with Gasteiger partial charge in [0.2, 0.25) is 0 Å². The molecule has 1 N–H and O–H groups in total.